The molecule has 3 rings (SSSR count). The number of likely N-dealkylation sites (N-methyl/N-ethyl adjacent to an activating group) is 1. The highest BCUT2D eigenvalue weighted by atomic mass is 16.2. The number of rotatable bonds is 7. The summed E-state index contributed by atoms with van der Waals surface area (Å²) in [4.78, 5) is 31.3. The fourth-order valence-corrected chi connectivity index (χ4v) is 5.04. The quantitative estimate of drug-likeness (QED) is 0.730. The van der Waals surface area contributed by atoms with Crippen molar-refractivity contribution in [1.29, 1.82) is 0 Å². The number of hydrogen-bond donors (Lipinski definition) is 1. The molecule has 6 heteroatoms. The number of hydrogen-bond acceptors (Lipinski definition) is 4. The number of amides is 2. The summed E-state index contributed by atoms with van der Waals surface area (Å²) in [6, 6.07) is 0. The average Bonchev–Trinajstić information content (AvgIpc) is 2.68. The summed E-state index contributed by atoms with van der Waals surface area (Å²) in [7, 11) is 0. The van der Waals surface area contributed by atoms with Crippen LogP contribution in [0.15, 0.2) is 0 Å². The van der Waals surface area contributed by atoms with Crippen LogP contribution in [0.3, 0.4) is 0 Å². The molecular formula is C21H40N4O2. The molecule has 6 nitrogen and oxygen atoms in total. The molecule has 0 spiro atoms. The van der Waals surface area contributed by atoms with Gasteiger partial charge < -0.3 is 20.0 Å². The normalized spacial score (nSPS) is 23.5. The van der Waals surface area contributed by atoms with Crippen molar-refractivity contribution in [3.8, 4) is 0 Å². The average molecular weight is 381 g/mol. The van der Waals surface area contributed by atoms with E-state index in [-0.39, 0.29) is 13.3 Å². The van der Waals surface area contributed by atoms with Gasteiger partial charge in [-0.25, -0.2) is 0 Å². The van der Waals surface area contributed by atoms with Gasteiger partial charge in [0.2, 0.25) is 11.8 Å². The van der Waals surface area contributed by atoms with Gasteiger partial charge in [0.15, 0.2) is 0 Å². The second kappa shape index (κ2) is 9.87. The third-order valence-electron chi connectivity index (χ3n) is 6.78. The molecule has 0 aromatic rings. The van der Waals surface area contributed by atoms with Gasteiger partial charge in [0, 0.05) is 40.7 Å². The van der Waals surface area contributed by atoms with Crippen LogP contribution in [0, 0.1) is 17.8 Å². The summed E-state index contributed by atoms with van der Waals surface area (Å²) in [6.07, 6.45) is 5.72. The molecule has 0 atom stereocenters. The zero-order valence-corrected chi connectivity index (χ0v) is 17.3. The van der Waals surface area contributed by atoms with Crippen molar-refractivity contribution in [1.82, 2.24) is 20.0 Å². The van der Waals surface area contributed by atoms with Gasteiger partial charge in [0.1, 0.15) is 0 Å². The van der Waals surface area contributed by atoms with Crippen LogP contribution in [0.4, 0.5) is 0 Å². The maximum atomic E-state index is 12.7. The highest BCUT2D eigenvalue weighted by molar-refractivity contribution is 5.80. The molecule has 2 amide bonds. The first-order valence-electron chi connectivity index (χ1n) is 11.1. The van der Waals surface area contributed by atoms with Gasteiger partial charge in [-0.05, 0) is 57.0 Å². The Labute approximate surface area is 166 Å². The molecular weight excluding hydrogens is 340 g/mol. The number of likely N-dealkylation sites (tertiary alicyclic amines) is 3. The fraction of sp³-hybridized carbons (Fsp3) is 0.905. The van der Waals surface area contributed by atoms with Gasteiger partial charge >= 0.3 is 0 Å². The van der Waals surface area contributed by atoms with Crippen molar-refractivity contribution in [3.05, 3.63) is 0 Å². The topological polar surface area (TPSA) is 55.9 Å². The Morgan fingerprint density at radius 2 is 1.48 bits per heavy atom. The molecule has 3 aliphatic rings. The van der Waals surface area contributed by atoms with Crippen LogP contribution in [0.1, 0.15) is 47.4 Å². The Hall–Kier alpha value is -1.14. The van der Waals surface area contributed by atoms with E-state index >= 15 is 0 Å². The van der Waals surface area contributed by atoms with Crippen molar-refractivity contribution < 1.29 is 11.0 Å². The van der Waals surface area contributed by atoms with Crippen molar-refractivity contribution in [2.45, 2.75) is 46.0 Å². The SMILES string of the molecule is CCCN1CC(C(=O)N2CCC(C3CCN(C(=O)CNCC)CC3)CC2)C1.[HH]. The standard InChI is InChI=1S/C21H38N4O2.H2/c1-3-9-23-15-19(16-23)21(27)25-12-7-18(8-13-25)17-5-10-24(11-6-17)20(26)14-22-4-2;/h17-19,22H,3-16H2,1-2H3;1H. The van der Waals surface area contributed by atoms with Crippen LogP contribution in [-0.4, -0.2) is 85.4 Å². The number of nitrogens with one attached hydrogen (secondary N) is 1. The number of piperidine rings is 2. The van der Waals surface area contributed by atoms with E-state index in [1.807, 2.05) is 11.8 Å². The molecule has 0 radical (unpaired) electrons. The lowest BCUT2D eigenvalue weighted by Crippen LogP contribution is -2.55. The van der Waals surface area contributed by atoms with E-state index < -0.39 is 0 Å². The Bertz CT molecular complexity index is 497. The largest absolute Gasteiger partial charge is 0.342 e. The third-order valence-corrected chi connectivity index (χ3v) is 6.78. The Morgan fingerprint density at radius 3 is 2.00 bits per heavy atom. The van der Waals surface area contributed by atoms with Gasteiger partial charge in [-0.2, -0.15) is 0 Å². The van der Waals surface area contributed by atoms with Gasteiger partial charge in [-0.3, -0.25) is 9.59 Å². The molecule has 0 aromatic heterocycles. The van der Waals surface area contributed by atoms with E-state index in [0.717, 1.165) is 89.9 Å². The van der Waals surface area contributed by atoms with Crippen LogP contribution in [0.5, 0.6) is 0 Å². The Morgan fingerprint density at radius 1 is 0.926 bits per heavy atom. The lowest BCUT2D eigenvalue weighted by Gasteiger charge is -2.44. The van der Waals surface area contributed by atoms with E-state index in [9.17, 15) is 9.59 Å². The van der Waals surface area contributed by atoms with Crippen LogP contribution < -0.4 is 5.32 Å². The van der Waals surface area contributed by atoms with E-state index in [4.69, 9.17) is 0 Å². The molecule has 0 aromatic carbocycles. The van der Waals surface area contributed by atoms with Crippen LogP contribution >= 0.6 is 0 Å². The summed E-state index contributed by atoms with van der Waals surface area (Å²) in [6.45, 7) is 12.3. The lowest BCUT2D eigenvalue weighted by molar-refractivity contribution is -0.143. The van der Waals surface area contributed by atoms with Gasteiger partial charge in [-0.1, -0.05) is 13.8 Å². The summed E-state index contributed by atoms with van der Waals surface area (Å²) in [5.41, 5.74) is 0. The lowest BCUT2D eigenvalue weighted by atomic mass is 9.78. The maximum Gasteiger partial charge on any atom is 0.236 e. The number of nitrogens with zero attached hydrogens (tertiary/aromatic N) is 3. The van der Waals surface area contributed by atoms with E-state index in [2.05, 4.69) is 22.0 Å². The highest BCUT2D eigenvalue weighted by Gasteiger charge is 2.37. The summed E-state index contributed by atoms with van der Waals surface area (Å²) < 4.78 is 0. The number of carbonyl (C=O) groups is 2. The van der Waals surface area contributed by atoms with Gasteiger partial charge in [0.25, 0.3) is 0 Å². The molecule has 0 aliphatic carbocycles. The molecule has 0 bridgehead atoms. The Balaban J connectivity index is 0.00000280. The molecule has 1 N–H and O–H groups in total. The first-order chi connectivity index (χ1) is 13.1. The second-order valence-electron chi connectivity index (χ2n) is 8.62. The first kappa shape index (κ1) is 20.6. The zero-order chi connectivity index (χ0) is 19.2. The third kappa shape index (κ3) is 5.23. The molecule has 0 unspecified atom stereocenters. The highest BCUT2D eigenvalue weighted by Crippen LogP contribution is 2.33. The summed E-state index contributed by atoms with van der Waals surface area (Å²) >= 11 is 0. The van der Waals surface area contributed by atoms with Gasteiger partial charge in [0.05, 0.1) is 12.5 Å². The zero-order valence-electron chi connectivity index (χ0n) is 17.3. The predicted octanol–water partition coefficient (Wildman–Crippen LogP) is 1.66. The van der Waals surface area contributed by atoms with Crippen molar-refractivity contribution in [2.75, 3.05) is 58.9 Å². The fourth-order valence-electron chi connectivity index (χ4n) is 5.04. The summed E-state index contributed by atoms with van der Waals surface area (Å²) in [5, 5.41) is 3.13. The van der Waals surface area contributed by atoms with Crippen molar-refractivity contribution in [2.24, 2.45) is 17.8 Å². The van der Waals surface area contributed by atoms with Crippen LogP contribution in [-0.2, 0) is 9.59 Å². The van der Waals surface area contributed by atoms with Crippen LogP contribution in [0.2, 0.25) is 0 Å². The first-order valence-corrected chi connectivity index (χ1v) is 11.1. The minimum atomic E-state index is 0. The molecule has 3 aliphatic heterocycles. The van der Waals surface area contributed by atoms with Crippen molar-refractivity contribution >= 4 is 11.8 Å². The van der Waals surface area contributed by atoms with E-state index in [0.29, 0.717) is 12.5 Å². The number of carbonyl (C=O) groups excluding carboxylic acids is 2. The minimum Gasteiger partial charge on any atom is -0.342 e. The monoisotopic (exact) mass is 380 g/mol. The predicted molar refractivity (Wildman–Crippen MR) is 109 cm³/mol. The maximum absolute atomic E-state index is 12.7. The van der Waals surface area contributed by atoms with E-state index in [1.54, 1.807) is 0 Å². The molecule has 0 saturated carbocycles. The minimum absolute atomic E-state index is 0. The van der Waals surface area contributed by atoms with Crippen molar-refractivity contribution in [3.63, 3.8) is 0 Å². The smallest absolute Gasteiger partial charge is 0.236 e. The molecule has 3 heterocycles. The molecule has 3 fully saturated rings. The van der Waals surface area contributed by atoms with E-state index in [1.165, 1.54) is 6.42 Å². The second-order valence-corrected chi connectivity index (χ2v) is 8.62. The Kier molecular flexibility index (Phi) is 7.53. The van der Waals surface area contributed by atoms with Gasteiger partial charge in [-0.15, -0.1) is 0 Å². The molecule has 156 valence electrons. The molecule has 27 heavy (non-hydrogen) atoms. The van der Waals surface area contributed by atoms with Crippen LogP contribution in [0.25, 0.3) is 0 Å². The molecule has 3 saturated heterocycles. The summed E-state index contributed by atoms with van der Waals surface area (Å²) in [5.74, 6) is 2.35.